The van der Waals surface area contributed by atoms with Gasteiger partial charge < -0.3 is 39.7 Å². The minimum absolute atomic E-state index is 0.0353. The maximum absolute atomic E-state index is 12.7. The van der Waals surface area contributed by atoms with Gasteiger partial charge in [-0.1, -0.05) is 26.7 Å². The van der Waals surface area contributed by atoms with Crippen LogP contribution in [0.25, 0.3) is 0 Å². The first-order valence-electron chi connectivity index (χ1n) is 14.6. The molecule has 0 bridgehead atoms. The number of carbonyl (C=O) groups excluding carboxylic acids is 2. The third-order valence-corrected chi connectivity index (χ3v) is 7.47. The number of likely N-dealkylation sites (tertiary alicyclic amines) is 1. The summed E-state index contributed by atoms with van der Waals surface area (Å²) in [6.07, 6.45) is 3.43. The molecule has 7 atom stereocenters. The number of aliphatic hydroxyl groups excluding tert-OH is 3. The molecular weight excluding hydrogens is 492 g/mol. The number of amides is 2. The van der Waals surface area contributed by atoms with Crippen LogP contribution in [0.5, 0.6) is 0 Å². The number of unbranched alkanes of at least 4 members (excludes halogenated alkanes) is 4. The van der Waals surface area contributed by atoms with Crippen molar-refractivity contribution in [3.63, 3.8) is 0 Å². The lowest BCUT2D eigenvalue weighted by atomic mass is 9.92. The Morgan fingerprint density at radius 2 is 1.74 bits per heavy atom. The first kappa shape index (κ1) is 32.9. The van der Waals surface area contributed by atoms with E-state index in [4.69, 9.17) is 14.2 Å². The molecule has 0 spiro atoms. The average molecular weight is 545 g/mol. The minimum Gasteiger partial charge on any atom is -0.394 e. The molecule has 0 aliphatic carbocycles. The highest BCUT2D eigenvalue weighted by Crippen LogP contribution is 2.27. The first-order valence-corrected chi connectivity index (χ1v) is 14.6. The molecule has 0 aromatic rings. The molecule has 10 nitrogen and oxygen atoms in total. The summed E-state index contributed by atoms with van der Waals surface area (Å²) in [6.45, 7) is 10.0. The number of hydrogen-bond donors (Lipinski definition) is 4. The van der Waals surface area contributed by atoms with Crippen LogP contribution in [0.2, 0.25) is 0 Å². The SMILES string of the molecule is CC(C)OC[C@@H]1C[C@@H](C)CN1C(=O)CCCCCNC(=O)CCCCCOC1OC(CO)C(O)C(O)C1C. The van der Waals surface area contributed by atoms with Gasteiger partial charge in [0.2, 0.25) is 11.8 Å². The fourth-order valence-corrected chi connectivity index (χ4v) is 5.13. The zero-order valence-electron chi connectivity index (χ0n) is 23.8. The summed E-state index contributed by atoms with van der Waals surface area (Å²) in [5.74, 6) is 0.363. The van der Waals surface area contributed by atoms with E-state index in [-0.39, 0.29) is 30.6 Å². The van der Waals surface area contributed by atoms with Gasteiger partial charge in [0.05, 0.1) is 31.5 Å². The third-order valence-electron chi connectivity index (χ3n) is 7.47. The molecule has 2 fully saturated rings. The second-order valence-electron chi connectivity index (χ2n) is 11.3. The van der Waals surface area contributed by atoms with Gasteiger partial charge >= 0.3 is 0 Å². The smallest absolute Gasteiger partial charge is 0.222 e. The number of carbonyl (C=O) groups is 2. The average Bonchev–Trinajstić information content (AvgIpc) is 3.27. The molecule has 0 radical (unpaired) electrons. The number of aliphatic hydroxyl groups is 3. The van der Waals surface area contributed by atoms with E-state index < -0.39 is 30.5 Å². The number of nitrogens with zero attached hydrogens (tertiary/aromatic N) is 1. The lowest BCUT2D eigenvalue weighted by molar-refractivity contribution is -0.282. The van der Waals surface area contributed by atoms with Crippen LogP contribution < -0.4 is 5.32 Å². The van der Waals surface area contributed by atoms with Gasteiger partial charge in [0, 0.05) is 38.5 Å². The second kappa shape index (κ2) is 17.4. The van der Waals surface area contributed by atoms with E-state index in [0.717, 1.165) is 51.5 Å². The predicted octanol–water partition coefficient (Wildman–Crippen LogP) is 1.98. The van der Waals surface area contributed by atoms with E-state index in [1.807, 2.05) is 18.7 Å². The molecule has 5 unspecified atom stereocenters. The van der Waals surface area contributed by atoms with Crippen molar-refractivity contribution in [2.24, 2.45) is 11.8 Å². The van der Waals surface area contributed by atoms with Crippen LogP contribution in [0.1, 0.15) is 85.5 Å². The topological polar surface area (TPSA) is 138 Å². The van der Waals surface area contributed by atoms with Crippen molar-refractivity contribution >= 4 is 11.8 Å². The van der Waals surface area contributed by atoms with Gasteiger partial charge in [-0.05, 0) is 51.9 Å². The summed E-state index contributed by atoms with van der Waals surface area (Å²) >= 11 is 0. The molecule has 0 saturated carbocycles. The van der Waals surface area contributed by atoms with Crippen LogP contribution in [0, 0.1) is 11.8 Å². The van der Waals surface area contributed by atoms with E-state index in [2.05, 4.69) is 12.2 Å². The van der Waals surface area contributed by atoms with Crippen molar-refractivity contribution in [3.05, 3.63) is 0 Å². The Kier molecular flexibility index (Phi) is 15.1. The van der Waals surface area contributed by atoms with E-state index >= 15 is 0 Å². The highest BCUT2D eigenvalue weighted by atomic mass is 16.7. The normalized spacial score (nSPS) is 29.7. The molecule has 38 heavy (non-hydrogen) atoms. The Bertz CT molecular complexity index is 692. The standard InChI is InChI=1S/C28H52N2O8/c1-19(2)37-18-22-15-20(3)16-30(22)25(33)12-8-5-9-13-29-24(32)11-7-6-10-14-36-28-21(4)26(34)27(35)23(17-31)38-28/h19-23,26-28,31,34-35H,5-18H2,1-4H3,(H,29,32)/t20-,21?,22+,23?,26?,27?,28?/m1/s1. The molecule has 2 heterocycles. The van der Waals surface area contributed by atoms with Crippen molar-refractivity contribution in [2.75, 3.05) is 32.9 Å². The highest BCUT2D eigenvalue weighted by molar-refractivity contribution is 5.77. The van der Waals surface area contributed by atoms with Gasteiger partial charge in [-0.15, -0.1) is 0 Å². The summed E-state index contributed by atoms with van der Waals surface area (Å²) < 4.78 is 17.0. The maximum Gasteiger partial charge on any atom is 0.222 e. The van der Waals surface area contributed by atoms with Crippen LogP contribution >= 0.6 is 0 Å². The van der Waals surface area contributed by atoms with Crippen LogP contribution in [0.4, 0.5) is 0 Å². The first-order chi connectivity index (χ1) is 18.1. The van der Waals surface area contributed by atoms with Crippen LogP contribution in [0.15, 0.2) is 0 Å². The molecular formula is C28H52N2O8. The third kappa shape index (κ3) is 11.1. The highest BCUT2D eigenvalue weighted by Gasteiger charge is 2.42. The van der Waals surface area contributed by atoms with Gasteiger partial charge in [-0.25, -0.2) is 0 Å². The Morgan fingerprint density at radius 1 is 1.03 bits per heavy atom. The Hall–Kier alpha value is -1.30. The van der Waals surface area contributed by atoms with E-state index in [1.165, 1.54) is 0 Å². The van der Waals surface area contributed by atoms with E-state index in [0.29, 0.717) is 38.5 Å². The van der Waals surface area contributed by atoms with E-state index in [9.17, 15) is 24.9 Å². The van der Waals surface area contributed by atoms with Crippen LogP contribution in [-0.4, -0.2) is 102 Å². The summed E-state index contributed by atoms with van der Waals surface area (Å²) in [5, 5.41) is 32.2. The number of rotatable bonds is 17. The van der Waals surface area contributed by atoms with E-state index in [1.54, 1.807) is 6.92 Å². The van der Waals surface area contributed by atoms with Crippen LogP contribution in [-0.2, 0) is 23.8 Å². The Balaban J connectivity index is 1.47. The lowest BCUT2D eigenvalue weighted by Crippen LogP contribution is -2.55. The summed E-state index contributed by atoms with van der Waals surface area (Å²) in [4.78, 5) is 26.8. The van der Waals surface area contributed by atoms with Gasteiger partial charge in [0.25, 0.3) is 0 Å². The fourth-order valence-electron chi connectivity index (χ4n) is 5.13. The zero-order valence-corrected chi connectivity index (χ0v) is 23.8. The largest absolute Gasteiger partial charge is 0.394 e. The predicted molar refractivity (Wildman–Crippen MR) is 143 cm³/mol. The van der Waals surface area contributed by atoms with Crippen molar-refractivity contribution in [3.8, 4) is 0 Å². The lowest BCUT2D eigenvalue weighted by Gasteiger charge is -2.40. The monoisotopic (exact) mass is 544 g/mol. The molecule has 0 aromatic carbocycles. The van der Waals surface area contributed by atoms with Crippen molar-refractivity contribution in [1.29, 1.82) is 0 Å². The Morgan fingerprint density at radius 3 is 2.45 bits per heavy atom. The minimum atomic E-state index is -1.13. The molecule has 2 amide bonds. The number of hydrogen-bond acceptors (Lipinski definition) is 8. The van der Waals surface area contributed by atoms with Gasteiger partial charge in [0.1, 0.15) is 12.2 Å². The molecule has 10 heteroatoms. The van der Waals surface area contributed by atoms with Crippen molar-refractivity contribution < 1.29 is 39.1 Å². The Labute approximate surface area is 228 Å². The quantitative estimate of drug-likeness (QED) is 0.204. The summed E-state index contributed by atoms with van der Waals surface area (Å²) in [7, 11) is 0. The van der Waals surface area contributed by atoms with Crippen molar-refractivity contribution in [2.45, 2.75) is 122 Å². The maximum atomic E-state index is 12.7. The molecule has 4 N–H and O–H groups in total. The summed E-state index contributed by atoms with van der Waals surface area (Å²) in [6, 6.07) is 0.190. The number of nitrogens with one attached hydrogen (secondary N) is 1. The molecule has 2 aliphatic rings. The van der Waals surface area contributed by atoms with Crippen molar-refractivity contribution in [1.82, 2.24) is 10.2 Å². The van der Waals surface area contributed by atoms with Gasteiger partial charge in [-0.2, -0.15) is 0 Å². The van der Waals surface area contributed by atoms with Gasteiger partial charge in [-0.3, -0.25) is 9.59 Å². The molecule has 222 valence electrons. The van der Waals surface area contributed by atoms with Gasteiger partial charge in [0.15, 0.2) is 6.29 Å². The second-order valence-corrected chi connectivity index (χ2v) is 11.3. The molecule has 0 aromatic heterocycles. The molecule has 2 saturated heterocycles. The van der Waals surface area contributed by atoms with Crippen LogP contribution in [0.3, 0.4) is 0 Å². The molecule has 2 rings (SSSR count). The number of ether oxygens (including phenoxy) is 3. The summed E-state index contributed by atoms with van der Waals surface area (Å²) in [5.41, 5.74) is 0. The zero-order chi connectivity index (χ0) is 28.1. The molecule has 2 aliphatic heterocycles. The fraction of sp³-hybridized carbons (Fsp3) is 0.929.